The third-order valence-corrected chi connectivity index (χ3v) is 3.41. The Bertz CT molecular complexity index is 640. The smallest absolute Gasteiger partial charge is 0.320 e. The summed E-state index contributed by atoms with van der Waals surface area (Å²) in [6, 6.07) is 9.41. The first-order valence-electron chi connectivity index (χ1n) is 6.89. The average Bonchev–Trinajstić information content (AvgIpc) is 2.57. The molecule has 0 saturated heterocycles. The van der Waals surface area contributed by atoms with Gasteiger partial charge in [0, 0.05) is 31.2 Å². The highest BCUT2D eigenvalue weighted by Gasteiger charge is 2.18. The molecular formula is C16H16N4O. The quantitative estimate of drug-likeness (QED) is 0.920. The van der Waals surface area contributed by atoms with Crippen LogP contribution in [-0.2, 0) is 0 Å². The van der Waals surface area contributed by atoms with E-state index in [0.29, 0.717) is 13.1 Å². The van der Waals surface area contributed by atoms with Gasteiger partial charge in [0.25, 0.3) is 0 Å². The zero-order valence-electron chi connectivity index (χ0n) is 11.6. The van der Waals surface area contributed by atoms with E-state index in [-0.39, 0.29) is 6.03 Å². The number of benzene rings is 1. The van der Waals surface area contributed by atoms with Crippen molar-refractivity contribution in [2.75, 3.05) is 18.4 Å². The number of hydrogen-bond donors (Lipinski definition) is 1. The van der Waals surface area contributed by atoms with Gasteiger partial charge >= 0.3 is 6.03 Å². The molecule has 1 aliphatic rings. The summed E-state index contributed by atoms with van der Waals surface area (Å²) >= 11 is 0. The van der Waals surface area contributed by atoms with Crippen LogP contribution < -0.4 is 5.32 Å². The number of carbonyl (C=O) groups excluding carboxylic acids is 1. The zero-order valence-corrected chi connectivity index (χ0v) is 11.6. The molecule has 0 saturated carbocycles. The normalized spacial score (nSPS) is 14.5. The lowest BCUT2D eigenvalue weighted by Crippen LogP contribution is -2.37. The van der Waals surface area contributed by atoms with E-state index in [1.807, 2.05) is 36.4 Å². The number of rotatable bonds is 2. The highest BCUT2D eigenvalue weighted by atomic mass is 16.2. The second kappa shape index (κ2) is 6.17. The SMILES string of the molecule is O=C(Nc1ccccc1)N1CC=C(c2cnccn2)CC1. The van der Waals surface area contributed by atoms with Gasteiger partial charge in [0.1, 0.15) is 0 Å². The first-order valence-corrected chi connectivity index (χ1v) is 6.89. The molecule has 0 radical (unpaired) electrons. The minimum Gasteiger partial charge on any atom is -0.320 e. The molecule has 0 unspecified atom stereocenters. The molecule has 0 spiro atoms. The van der Waals surface area contributed by atoms with E-state index >= 15 is 0 Å². The maximum absolute atomic E-state index is 12.2. The van der Waals surface area contributed by atoms with E-state index in [2.05, 4.69) is 15.3 Å². The minimum absolute atomic E-state index is 0.0735. The Labute approximate surface area is 123 Å². The van der Waals surface area contributed by atoms with Crippen molar-refractivity contribution in [3.05, 3.63) is 60.7 Å². The van der Waals surface area contributed by atoms with Crippen molar-refractivity contribution < 1.29 is 4.79 Å². The molecule has 0 atom stereocenters. The molecule has 1 aliphatic heterocycles. The highest BCUT2D eigenvalue weighted by Crippen LogP contribution is 2.20. The summed E-state index contributed by atoms with van der Waals surface area (Å²) in [6.07, 6.45) is 7.93. The second-order valence-corrected chi connectivity index (χ2v) is 4.81. The molecule has 1 N–H and O–H groups in total. The van der Waals surface area contributed by atoms with Crippen molar-refractivity contribution in [1.82, 2.24) is 14.9 Å². The number of nitrogens with one attached hydrogen (secondary N) is 1. The van der Waals surface area contributed by atoms with Crippen LogP contribution in [0.5, 0.6) is 0 Å². The van der Waals surface area contributed by atoms with E-state index in [9.17, 15) is 4.79 Å². The molecule has 1 aromatic heterocycles. The topological polar surface area (TPSA) is 58.1 Å². The van der Waals surface area contributed by atoms with Gasteiger partial charge < -0.3 is 10.2 Å². The predicted octanol–water partition coefficient (Wildman–Crippen LogP) is 2.80. The standard InChI is InChI=1S/C16H16N4O/c21-16(19-14-4-2-1-3-5-14)20-10-6-13(7-11-20)15-12-17-8-9-18-15/h1-6,8-9,12H,7,10-11H2,(H,19,21). The summed E-state index contributed by atoms with van der Waals surface area (Å²) in [4.78, 5) is 22.3. The molecule has 0 aliphatic carbocycles. The lowest BCUT2D eigenvalue weighted by molar-refractivity contribution is 0.217. The number of urea groups is 1. The Morgan fingerprint density at radius 3 is 2.71 bits per heavy atom. The van der Waals surface area contributed by atoms with Gasteiger partial charge in [0.15, 0.2) is 0 Å². The van der Waals surface area contributed by atoms with Gasteiger partial charge in [-0.25, -0.2) is 4.79 Å². The molecule has 0 fully saturated rings. The average molecular weight is 280 g/mol. The van der Waals surface area contributed by atoms with Gasteiger partial charge in [-0.2, -0.15) is 0 Å². The number of amides is 2. The molecule has 21 heavy (non-hydrogen) atoms. The maximum atomic E-state index is 12.2. The van der Waals surface area contributed by atoms with Gasteiger partial charge in [-0.15, -0.1) is 0 Å². The van der Waals surface area contributed by atoms with Crippen LogP contribution in [0.25, 0.3) is 5.57 Å². The summed E-state index contributed by atoms with van der Waals surface area (Å²) in [5, 5.41) is 2.90. The summed E-state index contributed by atoms with van der Waals surface area (Å²) < 4.78 is 0. The highest BCUT2D eigenvalue weighted by molar-refractivity contribution is 5.89. The lowest BCUT2D eigenvalue weighted by Gasteiger charge is -2.26. The van der Waals surface area contributed by atoms with Crippen LogP contribution in [0.3, 0.4) is 0 Å². The van der Waals surface area contributed by atoms with Gasteiger partial charge in [0.2, 0.25) is 0 Å². The predicted molar refractivity (Wildman–Crippen MR) is 81.7 cm³/mol. The van der Waals surface area contributed by atoms with Crippen LogP contribution in [0.15, 0.2) is 55.0 Å². The molecule has 3 rings (SSSR count). The molecule has 5 heteroatoms. The minimum atomic E-state index is -0.0735. The summed E-state index contributed by atoms with van der Waals surface area (Å²) in [7, 11) is 0. The van der Waals surface area contributed by atoms with Crippen LogP contribution in [0.1, 0.15) is 12.1 Å². The first kappa shape index (κ1) is 13.3. The molecule has 1 aromatic carbocycles. The van der Waals surface area contributed by atoms with Crippen LogP contribution in [-0.4, -0.2) is 34.0 Å². The van der Waals surface area contributed by atoms with Crippen molar-refractivity contribution in [2.45, 2.75) is 6.42 Å². The van der Waals surface area contributed by atoms with E-state index < -0.39 is 0 Å². The summed E-state index contributed by atoms with van der Waals surface area (Å²) in [5.41, 5.74) is 2.85. The largest absolute Gasteiger partial charge is 0.322 e. The fraction of sp³-hybridized carbons (Fsp3) is 0.188. The van der Waals surface area contributed by atoms with Gasteiger partial charge in [-0.05, 0) is 24.1 Å². The van der Waals surface area contributed by atoms with Crippen molar-refractivity contribution in [3.8, 4) is 0 Å². The van der Waals surface area contributed by atoms with Crippen LogP contribution >= 0.6 is 0 Å². The molecule has 2 aromatic rings. The second-order valence-electron chi connectivity index (χ2n) is 4.81. The third-order valence-electron chi connectivity index (χ3n) is 3.41. The van der Waals surface area contributed by atoms with E-state index in [0.717, 1.165) is 23.4 Å². The monoisotopic (exact) mass is 280 g/mol. The molecule has 2 amide bonds. The number of aromatic nitrogens is 2. The first-order chi connectivity index (χ1) is 10.3. The molecule has 0 bridgehead atoms. The van der Waals surface area contributed by atoms with Gasteiger partial charge in [-0.1, -0.05) is 24.3 Å². The molecule has 2 heterocycles. The third kappa shape index (κ3) is 3.25. The fourth-order valence-corrected chi connectivity index (χ4v) is 2.28. The summed E-state index contributed by atoms with van der Waals surface area (Å²) in [6.45, 7) is 1.27. The van der Waals surface area contributed by atoms with Gasteiger partial charge in [-0.3, -0.25) is 9.97 Å². The molecule has 106 valence electrons. The van der Waals surface area contributed by atoms with Crippen LogP contribution in [0, 0.1) is 0 Å². The Morgan fingerprint density at radius 1 is 1.19 bits per heavy atom. The molecular weight excluding hydrogens is 264 g/mol. The summed E-state index contributed by atoms with van der Waals surface area (Å²) in [5.74, 6) is 0. The lowest BCUT2D eigenvalue weighted by atomic mass is 10.1. The zero-order chi connectivity index (χ0) is 14.5. The molecule has 5 nitrogen and oxygen atoms in total. The van der Waals surface area contributed by atoms with Crippen molar-refractivity contribution in [1.29, 1.82) is 0 Å². The Morgan fingerprint density at radius 2 is 2.05 bits per heavy atom. The Kier molecular flexibility index (Phi) is 3.91. The van der Waals surface area contributed by atoms with Crippen LogP contribution in [0.2, 0.25) is 0 Å². The van der Waals surface area contributed by atoms with E-state index in [1.165, 1.54) is 0 Å². The number of nitrogens with zero attached hydrogens (tertiary/aromatic N) is 3. The van der Waals surface area contributed by atoms with Crippen molar-refractivity contribution in [3.63, 3.8) is 0 Å². The fourth-order valence-electron chi connectivity index (χ4n) is 2.28. The van der Waals surface area contributed by atoms with E-state index in [1.54, 1.807) is 23.5 Å². The van der Waals surface area contributed by atoms with Gasteiger partial charge in [0.05, 0.1) is 11.9 Å². The Balaban J connectivity index is 1.63. The number of anilines is 1. The van der Waals surface area contributed by atoms with Crippen LogP contribution in [0.4, 0.5) is 10.5 Å². The number of para-hydroxylation sites is 1. The van der Waals surface area contributed by atoms with Crippen molar-refractivity contribution in [2.24, 2.45) is 0 Å². The van der Waals surface area contributed by atoms with Crippen molar-refractivity contribution >= 4 is 17.3 Å². The van der Waals surface area contributed by atoms with E-state index in [4.69, 9.17) is 0 Å². The maximum Gasteiger partial charge on any atom is 0.322 e. The number of hydrogen-bond acceptors (Lipinski definition) is 3. The number of carbonyl (C=O) groups is 1. The Hall–Kier alpha value is -2.69.